The highest BCUT2D eigenvalue weighted by atomic mass is 16.5. The predicted molar refractivity (Wildman–Crippen MR) is 107 cm³/mol. The van der Waals surface area contributed by atoms with Crippen LogP contribution >= 0.6 is 0 Å². The summed E-state index contributed by atoms with van der Waals surface area (Å²) in [7, 11) is 4.36. The van der Waals surface area contributed by atoms with Crippen LogP contribution in [0, 0.1) is 0 Å². The molecule has 0 saturated carbocycles. The number of fused-ring (bicyclic) bond motifs is 1. The summed E-state index contributed by atoms with van der Waals surface area (Å²) in [4.78, 5) is 24.9. The number of benzene rings is 2. The molecule has 0 bridgehead atoms. The van der Waals surface area contributed by atoms with Crippen molar-refractivity contribution in [2.45, 2.75) is 25.3 Å². The number of esters is 1. The van der Waals surface area contributed by atoms with Crippen molar-refractivity contribution in [2.75, 3.05) is 27.9 Å². The number of amides is 1. The van der Waals surface area contributed by atoms with Gasteiger partial charge in [-0.15, -0.1) is 0 Å². The normalized spacial score (nSPS) is 15.1. The van der Waals surface area contributed by atoms with Crippen molar-refractivity contribution >= 4 is 11.9 Å². The van der Waals surface area contributed by atoms with E-state index in [1.165, 1.54) is 33.0 Å². The molecule has 2 aromatic carbocycles. The summed E-state index contributed by atoms with van der Waals surface area (Å²) in [5.41, 5.74) is 2.53. The summed E-state index contributed by atoms with van der Waals surface area (Å²) in [6.45, 7) is -0.380. The van der Waals surface area contributed by atoms with Gasteiger partial charge < -0.3 is 24.3 Å². The van der Waals surface area contributed by atoms with Gasteiger partial charge in [-0.2, -0.15) is 0 Å². The molecule has 7 heteroatoms. The average molecular weight is 399 g/mol. The highest BCUT2D eigenvalue weighted by molar-refractivity contribution is 5.95. The number of nitrogens with one attached hydrogen (secondary N) is 1. The molecule has 0 heterocycles. The molecule has 29 heavy (non-hydrogen) atoms. The van der Waals surface area contributed by atoms with Crippen molar-refractivity contribution in [1.82, 2.24) is 5.32 Å². The molecule has 0 radical (unpaired) electrons. The second kappa shape index (κ2) is 9.32. The highest BCUT2D eigenvalue weighted by Gasteiger charge is 2.24. The van der Waals surface area contributed by atoms with Crippen molar-refractivity contribution in [1.29, 1.82) is 0 Å². The van der Waals surface area contributed by atoms with Crippen LogP contribution in [-0.2, 0) is 16.0 Å². The van der Waals surface area contributed by atoms with Crippen LogP contribution in [-0.4, -0.2) is 39.8 Å². The van der Waals surface area contributed by atoms with E-state index in [1.54, 1.807) is 6.07 Å². The maximum absolute atomic E-state index is 12.5. The molecule has 0 spiro atoms. The fourth-order valence-electron chi connectivity index (χ4n) is 3.61. The summed E-state index contributed by atoms with van der Waals surface area (Å²) in [5, 5.41) is 2.96. The number of carbonyl (C=O) groups is 2. The Morgan fingerprint density at radius 1 is 1.00 bits per heavy atom. The monoisotopic (exact) mass is 399 g/mol. The first-order valence-corrected chi connectivity index (χ1v) is 9.42. The zero-order valence-corrected chi connectivity index (χ0v) is 16.8. The topological polar surface area (TPSA) is 83.1 Å². The van der Waals surface area contributed by atoms with Crippen molar-refractivity contribution in [3.05, 3.63) is 53.1 Å². The molecule has 2 aromatic rings. The molecule has 3 rings (SSSR count). The van der Waals surface area contributed by atoms with Crippen molar-refractivity contribution in [2.24, 2.45) is 0 Å². The minimum Gasteiger partial charge on any atom is -0.493 e. The summed E-state index contributed by atoms with van der Waals surface area (Å²) in [6.07, 6.45) is 2.88. The third-order valence-corrected chi connectivity index (χ3v) is 4.96. The summed E-state index contributed by atoms with van der Waals surface area (Å²) >= 11 is 0. The lowest BCUT2D eigenvalue weighted by molar-refractivity contribution is -0.125. The van der Waals surface area contributed by atoms with Gasteiger partial charge in [0.25, 0.3) is 5.91 Å². The number of hydrogen-bond donors (Lipinski definition) is 1. The summed E-state index contributed by atoms with van der Waals surface area (Å²) in [5.74, 6) is -0.123. The lowest BCUT2D eigenvalue weighted by Gasteiger charge is -2.26. The van der Waals surface area contributed by atoms with E-state index in [9.17, 15) is 9.59 Å². The van der Waals surface area contributed by atoms with Gasteiger partial charge in [-0.1, -0.05) is 24.3 Å². The Morgan fingerprint density at radius 3 is 2.48 bits per heavy atom. The van der Waals surface area contributed by atoms with Crippen LogP contribution in [0.4, 0.5) is 0 Å². The molecular weight excluding hydrogens is 374 g/mol. The van der Waals surface area contributed by atoms with Crippen LogP contribution in [0.2, 0.25) is 0 Å². The first kappa shape index (κ1) is 20.5. The fraction of sp³-hybridized carbons (Fsp3) is 0.364. The Kier molecular flexibility index (Phi) is 6.59. The molecule has 1 N–H and O–H groups in total. The van der Waals surface area contributed by atoms with E-state index in [0.29, 0.717) is 5.75 Å². The standard InChI is InChI=1S/C22H25NO6/c1-26-18-12-11-16(20(27-2)21(18)28-3)22(25)29-13-19(24)23-17-10-6-8-14-7-4-5-9-15(14)17/h4-5,7,9,11-12,17H,6,8,10,13H2,1-3H3,(H,23,24). The van der Waals surface area contributed by atoms with E-state index < -0.39 is 5.97 Å². The Labute approximate surface area is 169 Å². The van der Waals surface area contributed by atoms with Gasteiger partial charge in [0.1, 0.15) is 5.56 Å². The summed E-state index contributed by atoms with van der Waals surface area (Å²) in [6, 6.07) is 11.1. The van der Waals surface area contributed by atoms with E-state index in [2.05, 4.69) is 11.4 Å². The van der Waals surface area contributed by atoms with Gasteiger partial charge >= 0.3 is 5.97 Å². The molecular formula is C22H25NO6. The van der Waals surface area contributed by atoms with E-state index in [0.717, 1.165) is 24.8 Å². The molecule has 1 amide bonds. The number of aryl methyl sites for hydroxylation is 1. The third-order valence-electron chi connectivity index (χ3n) is 4.96. The SMILES string of the molecule is COc1ccc(C(=O)OCC(=O)NC2CCCc3ccccc32)c(OC)c1OC. The van der Waals surface area contributed by atoms with Gasteiger partial charge in [0.15, 0.2) is 18.1 Å². The number of methoxy groups -OCH3 is 3. The van der Waals surface area contributed by atoms with Crippen LogP contribution in [0.5, 0.6) is 17.2 Å². The van der Waals surface area contributed by atoms with Gasteiger partial charge in [-0.25, -0.2) is 4.79 Å². The molecule has 154 valence electrons. The van der Waals surface area contributed by atoms with Crippen LogP contribution in [0.15, 0.2) is 36.4 Å². The van der Waals surface area contributed by atoms with Crippen molar-refractivity contribution in [3.63, 3.8) is 0 Å². The van der Waals surface area contributed by atoms with Gasteiger partial charge in [-0.05, 0) is 42.5 Å². The third kappa shape index (κ3) is 4.45. The number of carbonyl (C=O) groups excluding carboxylic acids is 2. The van der Waals surface area contributed by atoms with Gasteiger partial charge in [-0.3, -0.25) is 4.79 Å². The van der Waals surface area contributed by atoms with Crippen molar-refractivity contribution in [3.8, 4) is 17.2 Å². The first-order valence-electron chi connectivity index (χ1n) is 9.42. The largest absolute Gasteiger partial charge is 0.493 e. The second-order valence-electron chi connectivity index (χ2n) is 6.67. The highest BCUT2D eigenvalue weighted by Crippen LogP contribution is 2.40. The lowest BCUT2D eigenvalue weighted by Crippen LogP contribution is -2.34. The zero-order valence-electron chi connectivity index (χ0n) is 16.8. The summed E-state index contributed by atoms with van der Waals surface area (Å²) < 4.78 is 21.0. The van der Waals surface area contributed by atoms with Crippen LogP contribution < -0.4 is 19.5 Å². The van der Waals surface area contributed by atoms with Crippen LogP contribution in [0.1, 0.15) is 40.4 Å². The number of ether oxygens (including phenoxy) is 4. The van der Waals surface area contributed by atoms with Gasteiger partial charge in [0.2, 0.25) is 5.75 Å². The molecule has 1 aliphatic carbocycles. The minimum atomic E-state index is -0.679. The second-order valence-corrected chi connectivity index (χ2v) is 6.67. The maximum atomic E-state index is 12.5. The molecule has 7 nitrogen and oxygen atoms in total. The van der Waals surface area contributed by atoms with Gasteiger partial charge in [0.05, 0.1) is 27.4 Å². The van der Waals surface area contributed by atoms with E-state index in [1.807, 2.05) is 18.2 Å². The Morgan fingerprint density at radius 2 is 1.76 bits per heavy atom. The Balaban J connectivity index is 1.65. The first-order chi connectivity index (χ1) is 14.1. The predicted octanol–water partition coefficient (Wildman–Crippen LogP) is 3.06. The average Bonchev–Trinajstić information content (AvgIpc) is 2.76. The Hall–Kier alpha value is -3.22. The van der Waals surface area contributed by atoms with Crippen molar-refractivity contribution < 1.29 is 28.5 Å². The molecule has 1 atom stereocenters. The van der Waals surface area contributed by atoms with E-state index in [4.69, 9.17) is 18.9 Å². The van der Waals surface area contributed by atoms with Gasteiger partial charge in [0, 0.05) is 0 Å². The molecule has 0 fully saturated rings. The molecule has 0 saturated heterocycles. The number of hydrogen-bond acceptors (Lipinski definition) is 6. The quantitative estimate of drug-likeness (QED) is 0.721. The minimum absolute atomic E-state index is 0.0678. The van der Waals surface area contributed by atoms with E-state index in [-0.39, 0.29) is 35.6 Å². The van der Waals surface area contributed by atoms with Crippen LogP contribution in [0.25, 0.3) is 0 Å². The number of rotatable bonds is 7. The maximum Gasteiger partial charge on any atom is 0.342 e. The van der Waals surface area contributed by atoms with Crippen LogP contribution in [0.3, 0.4) is 0 Å². The molecule has 0 aromatic heterocycles. The molecule has 0 aliphatic heterocycles. The Bertz CT molecular complexity index is 895. The van der Waals surface area contributed by atoms with E-state index >= 15 is 0 Å². The fourth-order valence-corrected chi connectivity index (χ4v) is 3.61. The zero-order chi connectivity index (χ0) is 20.8. The smallest absolute Gasteiger partial charge is 0.342 e. The molecule has 1 aliphatic rings. The lowest BCUT2D eigenvalue weighted by atomic mass is 9.88. The molecule has 1 unspecified atom stereocenters.